The van der Waals surface area contributed by atoms with Gasteiger partial charge in [0.05, 0.1) is 11.6 Å². The maximum Gasteiger partial charge on any atom is 0.344 e. The average molecular weight is 304 g/mol. The van der Waals surface area contributed by atoms with Crippen molar-refractivity contribution >= 4 is 11.9 Å². The molecule has 1 amide bonds. The highest BCUT2D eigenvalue weighted by molar-refractivity contribution is 5.80. The number of nitrogens with zero attached hydrogens (tertiary/aromatic N) is 1. The second-order valence-corrected chi connectivity index (χ2v) is 5.12. The Balaban J connectivity index is 2.20. The lowest BCUT2D eigenvalue weighted by atomic mass is 10.1. The molecule has 22 heavy (non-hydrogen) atoms. The molecule has 0 saturated heterocycles. The molecule has 0 aliphatic carbocycles. The zero-order valence-corrected chi connectivity index (χ0v) is 12.8. The number of hydrogen-bond acceptors (Lipinski definition) is 5. The van der Waals surface area contributed by atoms with Crippen LogP contribution in [0.2, 0.25) is 0 Å². The summed E-state index contributed by atoms with van der Waals surface area (Å²) in [5, 5.41) is 11.3. The van der Waals surface area contributed by atoms with Crippen molar-refractivity contribution in [2.24, 2.45) is 5.92 Å². The molecule has 0 fully saturated rings. The minimum atomic E-state index is -0.622. The number of nitriles is 1. The van der Waals surface area contributed by atoms with E-state index in [9.17, 15) is 9.59 Å². The standard InChI is InChI=1S/C16H20N2O4/c1-12(2)7-8-18-15(19)10-22-16(20)11-21-14-5-3-13(9-17)4-6-14/h3-6,12H,7-8,10-11H2,1-2H3,(H,18,19). The van der Waals surface area contributed by atoms with Gasteiger partial charge in [-0.15, -0.1) is 0 Å². The molecule has 1 aromatic rings. The van der Waals surface area contributed by atoms with Crippen molar-refractivity contribution in [2.75, 3.05) is 19.8 Å². The predicted molar refractivity (Wildman–Crippen MR) is 80.1 cm³/mol. The number of amides is 1. The molecular formula is C16H20N2O4. The molecule has 1 rings (SSSR count). The molecule has 1 N–H and O–H groups in total. The van der Waals surface area contributed by atoms with Crippen LogP contribution in [0.1, 0.15) is 25.8 Å². The molecule has 0 heterocycles. The Bertz CT molecular complexity index is 532. The average Bonchev–Trinajstić information content (AvgIpc) is 2.51. The Kier molecular flexibility index (Phi) is 7.48. The first-order valence-electron chi connectivity index (χ1n) is 7.06. The Morgan fingerprint density at radius 1 is 1.23 bits per heavy atom. The molecule has 0 unspecified atom stereocenters. The van der Waals surface area contributed by atoms with E-state index in [2.05, 4.69) is 19.2 Å². The zero-order valence-electron chi connectivity index (χ0n) is 12.8. The van der Waals surface area contributed by atoms with E-state index in [1.54, 1.807) is 24.3 Å². The molecule has 6 nitrogen and oxygen atoms in total. The second-order valence-electron chi connectivity index (χ2n) is 5.12. The Morgan fingerprint density at radius 2 is 1.91 bits per heavy atom. The monoisotopic (exact) mass is 304 g/mol. The summed E-state index contributed by atoms with van der Waals surface area (Å²) in [7, 11) is 0. The first-order valence-corrected chi connectivity index (χ1v) is 7.06. The van der Waals surface area contributed by atoms with Crippen LogP contribution in [0.5, 0.6) is 5.75 Å². The number of esters is 1. The number of hydrogen-bond donors (Lipinski definition) is 1. The molecule has 0 bridgehead atoms. The predicted octanol–water partition coefficient (Wildman–Crippen LogP) is 1.64. The lowest BCUT2D eigenvalue weighted by molar-refractivity contribution is -0.150. The van der Waals surface area contributed by atoms with Gasteiger partial charge in [0.2, 0.25) is 0 Å². The molecule has 1 aromatic carbocycles. The van der Waals surface area contributed by atoms with E-state index in [-0.39, 0.29) is 19.1 Å². The molecule has 0 aromatic heterocycles. The van der Waals surface area contributed by atoms with Gasteiger partial charge in [-0.05, 0) is 36.6 Å². The SMILES string of the molecule is CC(C)CCNC(=O)COC(=O)COc1ccc(C#N)cc1. The highest BCUT2D eigenvalue weighted by Gasteiger charge is 2.08. The van der Waals surface area contributed by atoms with Crippen LogP contribution in [0, 0.1) is 17.2 Å². The zero-order chi connectivity index (χ0) is 16.4. The summed E-state index contributed by atoms with van der Waals surface area (Å²) in [6.45, 7) is 4.09. The third-order valence-electron chi connectivity index (χ3n) is 2.75. The topological polar surface area (TPSA) is 88.4 Å². The maximum absolute atomic E-state index is 11.4. The van der Waals surface area contributed by atoms with Crippen LogP contribution >= 0.6 is 0 Å². The number of carbonyl (C=O) groups excluding carboxylic acids is 2. The minimum Gasteiger partial charge on any atom is -0.482 e. The molecular weight excluding hydrogens is 284 g/mol. The molecule has 0 saturated carbocycles. The summed E-state index contributed by atoms with van der Waals surface area (Å²) in [4.78, 5) is 22.9. The molecule has 0 radical (unpaired) electrons. The normalized spacial score (nSPS) is 9.91. The van der Waals surface area contributed by atoms with Crippen LogP contribution in [0.4, 0.5) is 0 Å². The summed E-state index contributed by atoms with van der Waals surface area (Å²) in [6, 6.07) is 8.33. The van der Waals surface area contributed by atoms with Gasteiger partial charge in [0.1, 0.15) is 5.75 Å². The van der Waals surface area contributed by atoms with Gasteiger partial charge >= 0.3 is 5.97 Å². The van der Waals surface area contributed by atoms with Crippen molar-refractivity contribution in [3.63, 3.8) is 0 Å². The van der Waals surface area contributed by atoms with Crippen LogP contribution in [0.25, 0.3) is 0 Å². The van der Waals surface area contributed by atoms with E-state index >= 15 is 0 Å². The number of ether oxygens (including phenoxy) is 2. The van der Waals surface area contributed by atoms with Crippen LogP contribution < -0.4 is 10.1 Å². The van der Waals surface area contributed by atoms with Gasteiger partial charge in [0.15, 0.2) is 13.2 Å². The summed E-state index contributed by atoms with van der Waals surface area (Å²) >= 11 is 0. The van der Waals surface area contributed by atoms with Gasteiger partial charge in [-0.25, -0.2) is 4.79 Å². The van der Waals surface area contributed by atoms with E-state index in [4.69, 9.17) is 14.7 Å². The van der Waals surface area contributed by atoms with Gasteiger partial charge in [0.25, 0.3) is 5.91 Å². The maximum atomic E-state index is 11.4. The van der Waals surface area contributed by atoms with E-state index in [0.29, 0.717) is 23.8 Å². The van der Waals surface area contributed by atoms with E-state index in [0.717, 1.165) is 6.42 Å². The smallest absolute Gasteiger partial charge is 0.344 e. The Hall–Kier alpha value is -2.55. The quantitative estimate of drug-likeness (QED) is 0.738. The molecule has 6 heteroatoms. The van der Waals surface area contributed by atoms with E-state index in [1.807, 2.05) is 6.07 Å². The molecule has 0 spiro atoms. The minimum absolute atomic E-state index is 0.287. The third-order valence-corrected chi connectivity index (χ3v) is 2.75. The molecule has 0 aliphatic rings. The van der Waals surface area contributed by atoms with Crippen LogP contribution in [0.3, 0.4) is 0 Å². The van der Waals surface area contributed by atoms with Gasteiger partial charge in [-0.2, -0.15) is 5.26 Å². The third kappa shape index (κ3) is 7.29. The largest absolute Gasteiger partial charge is 0.482 e. The highest BCUT2D eigenvalue weighted by Crippen LogP contribution is 2.11. The lowest BCUT2D eigenvalue weighted by Crippen LogP contribution is -2.31. The van der Waals surface area contributed by atoms with Crippen LogP contribution in [0.15, 0.2) is 24.3 Å². The lowest BCUT2D eigenvalue weighted by Gasteiger charge is -2.08. The molecule has 0 aliphatic heterocycles. The van der Waals surface area contributed by atoms with Crippen molar-refractivity contribution in [3.05, 3.63) is 29.8 Å². The van der Waals surface area contributed by atoms with Crippen LogP contribution in [-0.2, 0) is 14.3 Å². The van der Waals surface area contributed by atoms with Gasteiger partial charge in [-0.1, -0.05) is 13.8 Å². The fraction of sp³-hybridized carbons (Fsp3) is 0.438. The first kappa shape index (κ1) is 17.5. The van der Waals surface area contributed by atoms with Crippen molar-refractivity contribution in [1.29, 1.82) is 5.26 Å². The Labute approximate surface area is 130 Å². The fourth-order valence-corrected chi connectivity index (χ4v) is 1.51. The summed E-state index contributed by atoms with van der Waals surface area (Å²) in [6.07, 6.45) is 0.876. The van der Waals surface area contributed by atoms with Crippen molar-refractivity contribution in [1.82, 2.24) is 5.32 Å². The number of rotatable bonds is 8. The molecule has 0 atom stereocenters. The van der Waals surface area contributed by atoms with Crippen molar-refractivity contribution in [2.45, 2.75) is 20.3 Å². The molecule has 118 valence electrons. The number of benzene rings is 1. The van der Waals surface area contributed by atoms with Gasteiger partial charge in [-0.3, -0.25) is 4.79 Å². The van der Waals surface area contributed by atoms with Crippen molar-refractivity contribution < 1.29 is 19.1 Å². The van der Waals surface area contributed by atoms with Crippen LogP contribution in [-0.4, -0.2) is 31.6 Å². The summed E-state index contributed by atoms with van der Waals surface area (Å²) < 4.78 is 10.00. The van der Waals surface area contributed by atoms with Gasteiger partial charge < -0.3 is 14.8 Å². The Morgan fingerprint density at radius 3 is 2.50 bits per heavy atom. The highest BCUT2D eigenvalue weighted by atomic mass is 16.6. The fourth-order valence-electron chi connectivity index (χ4n) is 1.51. The van der Waals surface area contributed by atoms with Gasteiger partial charge in [0, 0.05) is 6.54 Å². The summed E-state index contributed by atoms with van der Waals surface area (Å²) in [5.41, 5.74) is 0.507. The number of nitrogens with one attached hydrogen (secondary N) is 1. The van der Waals surface area contributed by atoms with Crippen molar-refractivity contribution in [3.8, 4) is 11.8 Å². The second kappa shape index (κ2) is 9.40. The number of carbonyl (C=O) groups is 2. The van der Waals surface area contributed by atoms with E-state index < -0.39 is 5.97 Å². The first-order chi connectivity index (χ1) is 10.5. The summed E-state index contributed by atoms with van der Waals surface area (Å²) in [5.74, 6) is 0.0109. The van der Waals surface area contributed by atoms with E-state index in [1.165, 1.54) is 0 Å².